The summed E-state index contributed by atoms with van der Waals surface area (Å²) >= 11 is 6.25. The van der Waals surface area contributed by atoms with Gasteiger partial charge in [0.05, 0.1) is 22.9 Å². The number of nitrogens with zero attached hydrogens (tertiary/aromatic N) is 2. The van der Waals surface area contributed by atoms with E-state index in [0.29, 0.717) is 28.3 Å². The lowest BCUT2D eigenvalue weighted by Crippen LogP contribution is -2.14. The lowest BCUT2D eigenvalue weighted by Gasteiger charge is -2.13. The first kappa shape index (κ1) is 16.9. The number of anilines is 1. The maximum Gasteiger partial charge on any atom is 0.355 e. The molecule has 0 atom stereocenters. The highest BCUT2D eigenvalue weighted by molar-refractivity contribution is 6.32. The number of para-hydroxylation sites is 1. The number of nitrogens with two attached hydrogens (primary N) is 1. The third kappa shape index (κ3) is 3.03. The van der Waals surface area contributed by atoms with Gasteiger partial charge in [0.25, 0.3) is 0 Å². The molecule has 0 saturated heterocycles. The lowest BCUT2D eigenvalue weighted by molar-refractivity contribution is 0.0516. The van der Waals surface area contributed by atoms with Crippen LogP contribution in [-0.2, 0) is 11.2 Å². The molecule has 1 aromatic carbocycles. The first-order valence-corrected chi connectivity index (χ1v) is 7.79. The second kappa shape index (κ2) is 7.21. The number of ether oxygens (including phenoxy) is 1. The normalized spacial score (nSPS) is 10.3. The van der Waals surface area contributed by atoms with Gasteiger partial charge >= 0.3 is 5.97 Å². The fourth-order valence-electron chi connectivity index (χ4n) is 2.56. The van der Waals surface area contributed by atoms with Crippen molar-refractivity contribution in [3.63, 3.8) is 0 Å². The average Bonchev–Trinajstić information content (AvgIpc) is 2.80. The highest BCUT2D eigenvalue weighted by Crippen LogP contribution is 2.33. The van der Waals surface area contributed by atoms with Crippen LogP contribution in [0.4, 0.5) is 5.82 Å². The molecule has 6 heteroatoms. The van der Waals surface area contributed by atoms with E-state index in [2.05, 4.69) is 6.07 Å². The van der Waals surface area contributed by atoms with Crippen LogP contribution in [0.15, 0.2) is 24.3 Å². The predicted molar refractivity (Wildman–Crippen MR) is 89.9 cm³/mol. The van der Waals surface area contributed by atoms with Gasteiger partial charge in [0.1, 0.15) is 17.6 Å². The van der Waals surface area contributed by atoms with Gasteiger partial charge in [0.15, 0.2) is 0 Å². The monoisotopic (exact) mass is 331 g/mol. The number of hydrogen-bond donors (Lipinski definition) is 1. The van der Waals surface area contributed by atoms with Crippen molar-refractivity contribution in [2.45, 2.75) is 26.7 Å². The number of carbonyl (C=O) groups excluding carboxylic acids is 1. The minimum atomic E-state index is -0.510. The minimum Gasteiger partial charge on any atom is -0.461 e. The van der Waals surface area contributed by atoms with E-state index in [-0.39, 0.29) is 18.1 Å². The van der Waals surface area contributed by atoms with Crippen molar-refractivity contribution in [3.8, 4) is 11.8 Å². The smallest absolute Gasteiger partial charge is 0.355 e. The number of esters is 1. The predicted octanol–water partition coefficient (Wildman–Crippen LogP) is 3.71. The number of aromatic nitrogens is 1. The molecule has 1 heterocycles. The van der Waals surface area contributed by atoms with Crippen LogP contribution in [0.3, 0.4) is 0 Å². The van der Waals surface area contributed by atoms with Crippen molar-refractivity contribution in [2.24, 2.45) is 0 Å². The maximum absolute atomic E-state index is 12.5. The van der Waals surface area contributed by atoms with Gasteiger partial charge in [-0.1, -0.05) is 37.1 Å². The lowest BCUT2D eigenvalue weighted by atomic mass is 10.1. The van der Waals surface area contributed by atoms with Gasteiger partial charge in [-0.05, 0) is 25.5 Å². The highest BCUT2D eigenvalue weighted by Gasteiger charge is 2.28. The molecule has 2 N–H and O–H groups in total. The number of rotatable bonds is 5. The van der Waals surface area contributed by atoms with Gasteiger partial charge in [0, 0.05) is 5.56 Å². The second-order valence-corrected chi connectivity index (χ2v) is 5.36. The van der Waals surface area contributed by atoms with E-state index in [1.165, 1.54) is 4.57 Å². The molecule has 2 aromatic rings. The Balaban J connectivity index is 2.82. The van der Waals surface area contributed by atoms with Crippen LogP contribution in [0.5, 0.6) is 0 Å². The topological polar surface area (TPSA) is 81.0 Å². The standard InChI is InChI=1S/C17H18ClN3O2/c1-3-7-11-12(10-19)16(20)21(15(11)17(22)23-4-2)14-9-6-5-8-13(14)18/h5-6,8-9H,3-4,7,20H2,1-2H3. The van der Waals surface area contributed by atoms with Crippen molar-refractivity contribution in [3.05, 3.63) is 46.1 Å². The molecule has 0 radical (unpaired) electrons. The summed E-state index contributed by atoms with van der Waals surface area (Å²) in [5, 5.41) is 9.90. The van der Waals surface area contributed by atoms with E-state index in [4.69, 9.17) is 22.1 Å². The maximum atomic E-state index is 12.5. The molecule has 23 heavy (non-hydrogen) atoms. The average molecular weight is 332 g/mol. The van der Waals surface area contributed by atoms with E-state index >= 15 is 0 Å². The zero-order chi connectivity index (χ0) is 17.0. The van der Waals surface area contributed by atoms with E-state index in [1.54, 1.807) is 31.2 Å². The molecular formula is C17H18ClN3O2. The quantitative estimate of drug-likeness (QED) is 0.847. The molecular weight excluding hydrogens is 314 g/mol. The number of halogens is 1. The Bertz CT molecular complexity index is 775. The molecule has 0 aliphatic heterocycles. The van der Waals surface area contributed by atoms with Crippen LogP contribution in [0.1, 0.15) is 41.9 Å². The van der Waals surface area contributed by atoms with E-state index in [1.807, 2.05) is 6.92 Å². The van der Waals surface area contributed by atoms with Crippen LogP contribution >= 0.6 is 11.6 Å². The minimum absolute atomic E-state index is 0.201. The van der Waals surface area contributed by atoms with Gasteiger partial charge in [-0.25, -0.2) is 4.79 Å². The van der Waals surface area contributed by atoms with E-state index in [0.717, 1.165) is 6.42 Å². The van der Waals surface area contributed by atoms with Crippen molar-refractivity contribution in [2.75, 3.05) is 12.3 Å². The molecule has 120 valence electrons. The van der Waals surface area contributed by atoms with Gasteiger partial charge < -0.3 is 10.5 Å². The Labute approximate surface area is 140 Å². The van der Waals surface area contributed by atoms with Gasteiger partial charge in [-0.2, -0.15) is 5.26 Å². The summed E-state index contributed by atoms with van der Waals surface area (Å²) in [7, 11) is 0. The molecule has 0 aliphatic rings. The first-order valence-electron chi connectivity index (χ1n) is 7.41. The summed E-state index contributed by atoms with van der Waals surface area (Å²) in [6, 6.07) is 9.13. The summed E-state index contributed by atoms with van der Waals surface area (Å²) in [6.07, 6.45) is 1.33. The third-order valence-electron chi connectivity index (χ3n) is 3.48. The molecule has 1 aromatic heterocycles. The number of nitrogen functional groups attached to an aromatic ring is 1. The van der Waals surface area contributed by atoms with Crippen LogP contribution in [0, 0.1) is 11.3 Å². The fourth-order valence-corrected chi connectivity index (χ4v) is 2.78. The van der Waals surface area contributed by atoms with Gasteiger partial charge in [-0.15, -0.1) is 0 Å². The summed E-state index contributed by atoms with van der Waals surface area (Å²) < 4.78 is 6.68. The van der Waals surface area contributed by atoms with E-state index in [9.17, 15) is 10.1 Å². The largest absolute Gasteiger partial charge is 0.461 e. The Kier molecular flexibility index (Phi) is 5.30. The van der Waals surface area contributed by atoms with Crippen molar-refractivity contribution in [1.82, 2.24) is 4.57 Å². The van der Waals surface area contributed by atoms with Gasteiger partial charge in [-0.3, -0.25) is 4.57 Å². The van der Waals surface area contributed by atoms with Crippen molar-refractivity contribution in [1.29, 1.82) is 5.26 Å². The third-order valence-corrected chi connectivity index (χ3v) is 3.80. The SMILES string of the molecule is CCCc1c(C#N)c(N)n(-c2ccccc2Cl)c1C(=O)OCC. The Morgan fingerprint density at radius 3 is 2.65 bits per heavy atom. The Morgan fingerprint density at radius 2 is 2.09 bits per heavy atom. The zero-order valence-electron chi connectivity index (χ0n) is 13.1. The van der Waals surface area contributed by atoms with Gasteiger partial charge in [0.2, 0.25) is 0 Å². The summed E-state index contributed by atoms with van der Waals surface area (Å²) in [5.74, 6) is -0.309. The second-order valence-electron chi connectivity index (χ2n) is 4.96. The molecule has 0 amide bonds. The summed E-state index contributed by atoms with van der Waals surface area (Å²) in [4.78, 5) is 12.5. The molecule has 0 aliphatic carbocycles. The Hall–Kier alpha value is -2.45. The summed E-state index contributed by atoms with van der Waals surface area (Å²) in [5.41, 5.74) is 7.88. The Morgan fingerprint density at radius 1 is 1.39 bits per heavy atom. The van der Waals surface area contributed by atoms with Crippen molar-refractivity contribution < 1.29 is 9.53 Å². The van der Waals surface area contributed by atoms with E-state index < -0.39 is 5.97 Å². The molecule has 0 fully saturated rings. The zero-order valence-corrected chi connectivity index (χ0v) is 13.9. The summed E-state index contributed by atoms with van der Waals surface area (Å²) in [6.45, 7) is 3.94. The number of carbonyl (C=O) groups is 1. The number of nitriles is 1. The van der Waals surface area contributed by atoms with Crippen LogP contribution < -0.4 is 5.73 Å². The molecule has 0 bridgehead atoms. The van der Waals surface area contributed by atoms with Crippen molar-refractivity contribution >= 4 is 23.4 Å². The van der Waals surface area contributed by atoms with Crippen LogP contribution in [0.2, 0.25) is 5.02 Å². The molecule has 0 saturated carbocycles. The fraction of sp³-hybridized carbons (Fsp3) is 0.294. The highest BCUT2D eigenvalue weighted by atomic mass is 35.5. The number of hydrogen-bond acceptors (Lipinski definition) is 4. The molecule has 0 spiro atoms. The molecule has 2 rings (SSSR count). The number of benzene rings is 1. The molecule has 0 unspecified atom stereocenters. The van der Waals surface area contributed by atoms with Crippen LogP contribution in [0.25, 0.3) is 5.69 Å². The van der Waals surface area contributed by atoms with Crippen LogP contribution in [-0.4, -0.2) is 17.1 Å². The first-order chi connectivity index (χ1) is 11.1. The molecule has 5 nitrogen and oxygen atoms in total.